The summed E-state index contributed by atoms with van der Waals surface area (Å²) in [6.07, 6.45) is 1.92. The second-order valence-electron chi connectivity index (χ2n) is 19.9. The molecule has 1 fully saturated rings. The minimum absolute atomic E-state index is 0.00215. The molecule has 1 aliphatic carbocycles. The van der Waals surface area contributed by atoms with Gasteiger partial charge in [-0.1, -0.05) is 80.6 Å². The Morgan fingerprint density at radius 3 is 1.83 bits per heavy atom. The molecule has 0 saturated heterocycles. The highest BCUT2D eigenvalue weighted by Crippen LogP contribution is 2.29. The van der Waals surface area contributed by atoms with Crippen molar-refractivity contribution in [1.29, 1.82) is 0 Å². The Bertz CT molecular complexity index is 2520. The van der Waals surface area contributed by atoms with E-state index < -0.39 is 115 Å². The number of hydrogen-bond donors (Lipinski definition) is 12. The van der Waals surface area contributed by atoms with E-state index in [1.54, 1.807) is 6.92 Å². The summed E-state index contributed by atoms with van der Waals surface area (Å²) >= 11 is 0. The number of carboxylic acids is 4. The van der Waals surface area contributed by atoms with Gasteiger partial charge in [0.1, 0.15) is 25.6 Å². The highest BCUT2D eigenvalue weighted by atomic mass is 16.4. The Morgan fingerprint density at radius 1 is 0.592 bits per heavy atom. The molecule has 6 unspecified atom stereocenters. The molecule has 13 N–H and O–H groups in total. The van der Waals surface area contributed by atoms with E-state index >= 15 is 0 Å². The maximum absolute atomic E-state index is 13.8. The van der Waals surface area contributed by atoms with E-state index in [1.807, 2.05) is 66.7 Å². The minimum atomic E-state index is -1.55. The summed E-state index contributed by atoms with van der Waals surface area (Å²) in [6.45, 7) is 6.12. The molecular formula is C54H74N8O14. The second-order valence-corrected chi connectivity index (χ2v) is 19.9. The third-order valence-electron chi connectivity index (χ3n) is 13.3. The molecule has 0 aromatic heterocycles. The average molecular weight is 1060 g/mol. The van der Waals surface area contributed by atoms with Crippen LogP contribution in [-0.2, 0) is 56.0 Å². The van der Waals surface area contributed by atoms with Crippen LogP contribution in [0.2, 0.25) is 1.41 Å². The lowest BCUT2D eigenvalue weighted by atomic mass is 9.81. The molecule has 414 valence electrons. The van der Waals surface area contributed by atoms with Gasteiger partial charge in [0.15, 0.2) is 0 Å². The van der Waals surface area contributed by atoms with Crippen LogP contribution in [0.3, 0.4) is 0 Å². The van der Waals surface area contributed by atoms with Gasteiger partial charge in [0.2, 0.25) is 29.5 Å². The fraction of sp³-hybridized carbons (Fsp3) is 0.519. The van der Waals surface area contributed by atoms with Crippen molar-refractivity contribution in [2.24, 2.45) is 23.5 Å². The Balaban J connectivity index is 1.25. The second kappa shape index (κ2) is 30.7. The highest BCUT2D eigenvalue weighted by molar-refractivity contribution is 5.93. The highest BCUT2D eigenvalue weighted by Gasteiger charge is 2.32. The maximum Gasteiger partial charge on any atom is 0.326 e. The van der Waals surface area contributed by atoms with Gasteiger partial charge in [-0.3, -0.25) is 33.6 Å². The first-order valence-electron chi connectivity index (χ1n) is 26.3. The first-order valence-corrected chi connectivity index (χ1v) is 25.8. The van der Waals surface area contributed by atoms with Gasteiger partial charge in [-0.2, -0.15) is 0 Å². The van der Waals surface area contributed by atoms with Gasteiger partial charge < -0.3 is 63.4 Å². The molecule has 7 amide bonds. The average Bonchev–Trinajstić information content (AvgIpc) is 3.38. The zero-order valence-corrected chi connectivity index (χ0v) is 43.2. The monoisotopic (exact) mass is 1060 g/mol. The van der Waals surface area contributed by atoms with E-state index in [1.165, 1.54) is 0 Å². The number of urea groups is 1. The van der Waals surface area contributed by atoms with Gasteiger partial charge in [-0.05, 0) is 110 Å². The first-order chi connectivity index (χ1) is 36.6. The predicted molar refractivity (Wildman–Crippen MR) is 279 cm³/mol. The summed E-state index contributed by atoms with van der Waals surface area (Å²) in [5.41, 5.74) is 4.82. The molecule has 1 aliphatic rings. The van der Waals surface area contributed by atoms with Gasteiger partial charge in [-0.15, -0.1) is 0 Å². The molecular weight excluding hydrogens is 985 g/mol. The summed E-state index contributed by atoms with van der Waals surface area (Å²) in [4.78, 5) is 125. The molecule has 1 saturated carbocycles. The number of carbonyl (C=O) groups excluding carboxylic acids is 6. The van der Waals surface area contributed by atoms with Crippen molar-refractivity contribution in [3.63, 3.8) is 0 Å². The van der Waals surface area contributed by atoms with Crippen LogP contribution in [0.1, 0.15) is 114 Å². The van der Waals surface area contributed by atoms with Crippen LogP contribution < -0.4 is 42.9 Å². The zero-order valence-electron chi connectivity index (χ0n) is 44.2. The normalized spacial score (nSPS) is 16.8. The molecule has 0 aliphatic heterocycles. The van der Waals surface area contributed by atoms with Crippen molar-refractivity contribution in [2.45, 2.75) is 140 Å². The molecule has 3 aromatic carbocycles. The quantitative estimate of drug-likeness (QED) is 0.0400. The Hall–Kier alpha value is -7.62. The Morgan fingerprint density at radius 2 is 1.21 bits per heavy atom. The van der Waals surface area contributed by atoms with E-state index in [4.69, 9.17) is 6.52 Å². The van der Waals surface area contributed by atoms with Gasteiger partial charge in [0, 0.05) is 38.4 Å². The summed E-state index contributed by atoms with van der Waals surface area (Å²) in [7, 11) is 0. The molecule has 0 heterocycles. The Labute approximate surface area is 442 Å². The standard InChI is InChI=1S/C54H74N8O14/c1-31(2)26-33-11-16-36(17-12-33)32(3)47(67)59-44(29-46(65)66)51(71)57-25-23-40(55)49(69)58-30-34-13-19-38(20-14-34)48(68)60-43(28-35-15-18-37-8-4-5-9-39(37)27-35)50(70)56-24-7-6-10-41(52(72)73)61-54(76)62-42(53(74)75)21-22-45(63)64/h4-5,8-9,11-12,15-18,27,31-32,34,38,40-44H,6-7,10,13-14,19-26,28-30,55H2,1-3H3,(H,56,70)(H,57,71)(H,58,69)(H,59,67)(H,60,68)(H,63,64)(H,65,66)(H,72,73)(H,74,75)(H2,61,62,76)/i/hD. The number of carboxylic acid groups (broad SMARTS) is 4. The zero-order chi connectivity index (χ0) is 56.6. The van der Waals surface area contributed by atoms with E-state index in [0.717, 1.165) is 28.3 Å². The SMILES string of the molecule is [2H]NC(CCNC(=O)C(CC(=O)O)NC(=O)C(C)c1ccc(CC(C)C)cc1)C(=O)NCC1CCC(C(=O)NC(Cc2ccc3ccccc3c2)C(=O)NCCCCC(NC(=O)NC(CCC(=O)O)C(=O)O)C(=O)O)CC1. The summed E-state index contributed by atoms with van der Waals surface area (Å²) < 4.78 is 7.77. The minimum Gasteiger partial charge on any atom is -0.481 e. The van der Waals surface area contributed by atoms with Crippen LogP contribution in [0, 0.1) is 17.8 Å². The van der Waals surface area contributed by atoms with Gasteiger partial charge >= 0.3 is 29.9 Å². The van der Waals surface area contributed by atoms with Crippen LogP contribution in [0.5, 0.6) is 0 Å². The fourth-order valence-corrected chi connectivity index (χ4v) is 8.89. The lowest BCUT2D eigenvalue weighted by Gasteiger charge is -2.29. The van der Waals surface area contributed by atoms with Gasteiger partial charge in [0.25, 0.3) is 0 Å². The lowest BCUT2D eigenvalue weighted by Crippen LogP contribution is -2.51. The molecule has 0 radical (unpaired) electrons. The summed E-state index contributed by atoms with van der Waals surface area (Å²) in [5.74, 6) is -8.63. The number of nitrogens with one attached hydrogen (secondary N) is 7. The van der Waals surface area contributed by atoms with Crippen LogP contribution in [0.15, 0.2) is 66.7 Å². The Kier molecular flexibility index (Phi) is 23.9. The number of fused-ring (bicyclic) bond motifs is 1. The van der Waals surface area contributed by atoms with Crippen molar-refractivity contribution >= 4 is 70.2 Å². The number of benzene rings is 3. The predicted octanol–water partition coefficient (Wildman–Crippen LogP) is 2.94. The molecule has 76 heavy (non-hydrogen) atoms. The van der Waals surface area contributed by atoms with E-state index in [2.05, 4.69) is 56.8 Å². The number of nitrogens with two attached hydrogens (primary N) is 1. The number of carbonyl (C=O) groups is 10. The van der Waals surface area contributed by atoms with Gasteiger partial charge in [0.05, 0.1) is 18.4 Å². The number of amides is 7. The molecule has 4 rings (SSSR count). The summed E-state index contributed by atoms with van der Waals surface area (Å²) in [5, 5.41) is 57.3. The van der Waals surface area contributed by atoms with Crippen molar-refractivity contribution in [3.05, 3.63) is 83.4 Å². The number of hydrogen-bond acceptors (Lipinski definition) is 11. The van der Waals surface area contributed by atoms with Crippen molar-refractivity contribution in [2.75, 3.05) is 19.6 Å². The molecule has 3 aromatic rings. The van der Waals surface area contributed by atoms with Crippen LogP contribution in [0.4, 0.5) is 4.79 Å². The number of unbranched alkanes of at least 4 members (excludes halogenated alkanes) is 1. The van der Waals surface area contributed by atoms with E-state index in [9.17, 15) is 63.3 Å². The van der Waals surface area contributed by atoms with Crippen molar-refractivity contribution in [1.82, 2.24) is 37.2 Å². The molecule has 6 atom stereocenters. The van der Waals surface area contributed by atoms with Crippen LogP contribution in [-0.4, -0.2) is 130 Å². The lowest BCUT2D eigenvalue weighted by molar-refractivity contribution is -0.141. The fourth-order valence-electron chi connectivity index (χ4n) is 8.89. The van der Waals surface area contributed by atoms with E-state index in [-0.39, 0.29) is 63.6 Å². The summed E-state index contributed by atoms with van der Waals surface area (Å²) in [6, 6.07) is 13.5. The maximum atomic E-state index is 13.8. The molecule has 0 spiro atoms. The van der Waals surface area contributed by atoms with Crippen LogP contribution >= 0.6 is 0 Å². The topological polar surface area (TPSA) is 362 Å². The van der Waals surface area contributed by atoms with Gasteiger partial charge in [-0.25, -0.2) is 14.4 Å². The number of rotatable bonds is 32. The van der Waals surface area contributed by atoms with E-state index in [0.29, 0.717) is 37.2 Å². The number of aliphatic carboxylic acids is 4. The third kappa shape index (κ3) is 20.9. The van der Waals surface area contributed by atoms with Crippen molar-refractivity contribution < 1.29 is 69.8 Å². The molecule has 0 bridgehead atoms. The first kappa shape index (κ1) is 59.3. The third-order valence-corrected chi connectivity index (χ3v) is 13.3. The van der Waals surface area contributed by atoms with Crippen molar-refractivity contribution in [3.8, 4) is 0 Å². The smallest absolute Gasteiger partial charge is 0.326 e. The van der Waals surface area contributed by atoms with Crippen LogP contribution in [0.25, 0.3) is 10.8 Å². The molecule has 22 heteroatoms. The largest absolute Gasteiger partial charge is 0.481 e. The molecule has 22 nitrogen and oxygen atoms in total.